The molecule has 0 unspecified atom stereocenters. The molecule has 0 bridgehead atoms. The lowest BCUT2D eigenvalue weighted by molar-refractivity contribution is 0.0681. The summed E-state index contributed by atoms with van der Waals surface area (Å²) in [6.45, 7) is 1.77. The molecule has 6 rings (SSSR count). The molecule has 5 aromatic rings. The molecule has 8 heteroatoms. The van der Waals surface area contributed by atoms with Crippen LogP contribution in [0.3, 0.4) is 0 Å². The number of imidazole rings is 1. The second kappa shape index (κ2) is 9.09. The fraction of sp³-hybridized carbons (Fsp3) is 0.286. The number of nitrogens with zero attached hydrogens (tertiary/aromatic N) is 5. The van der Waals surface area contributed by atoms with Gasteiger partial charge < -0.3 is 0 Å². The van der Waals surface area contributed by atoms with Crippen LogP contribution in [-0.4, -0.2) is 37.3 Å². The van der Waals surface area contributed by atoms with E-state index in [2.05, 4.69) is 27.1 Å². The van der Waals surface area contributed by atoms with Gasteiger partial charge in [-0.25, -0.2) is 14.1 Å². The van der Waals surface area contributed by atoms with Crippen LogP contribution < -0.4 is 0 Å². The second-order valence-electron chi connectivity index (χ2n) is 9.49. The van der Waals surface area contributed by atoms with Crippen molar-refractivity contribution >= 4 is 21.9 Å². The lowest BCUT2D eigenvalue weighted by Crippen LogP contribution is -2.33. The van der Waals surface area contributed by atoms with Crippen LogP contribution in [0.1, 0.15) is 42.4 Å². The van der Waals surface area contributed by atoms with E-state index in [1.54, 1.807) is 28.9 Å². The van der Waals surface area contributed by atoms with Gasteiger partial charge in [-0.15, -0.1) is 0 Å². The Hall–Kier alpha value is -3.65. The largest absolute Gasteiger partial charge is 0.320 e. The first-order valence-corrected chi connectivity index (χ1v) is 12.2. The van der Waals surface area contributed by atoms with Gasteiger partial charge in [-0.1, -0.05) is 24.3 Å². The summed E-state index contributed by atoms with van der Waals surface area (Å²) >= 11 is 0. The van der Waals surface area contributed by atoms with Crippen molar-refractivity contribution in [3.63, 3.8) is 0 Å². The summed E-state index contributed by atoms with van der Waals surface area (Å²) < 4.78 is 44.4. The van der Waals surface area contributed by atoms with E-state index in [0.717, 1.165) is 53.6 Å². The van der Waals surface area contributed by atoms with E-state index in [9.17, 15) is 13.2 Å². The van der Waals surface area contributed by atoms with Gasteiger partial charge in [0.2, 0.25) is 0 Å². The number of alkyl halides is 2. The normalized spacial score (nSPS) is 15.5. The Kier molecular flexibility index (Phi) is 5.76. The summed E-state index contributed by atoms with van der Waals surface area (Å²) in [4.78, 5) is 6.94. The number of piperidine rings is 1. The van der Waals surface area contributed by atoms with Crippen LogP contribution >= 0.6 is 0 Å². The van der Waals surface area contributed by atoms with Crippen LogP contribution in [0.25, 0.3) is 27.6 Å². The number of halogens is 3. The summed E-state index contributed by atoms with van der Waals surface area (Å²) in [7, 11) is 0. The number of fused-ring (bicyclic) bond motifs is 2. The molecule has 1 saturated heterocycles. The number of rotatable bonds is 5. The van der Waals surface area contributed by atoms with Crippen molar-refractivity contribution in [1.82, 2.24) is 24.2 Å². The fourth-order valence-electron chi connectivity index (χ4n) is 5.38. The third-order valence-corrected chi connectivity index (χ3v) is 7.16. The molecule has 3 aromatic carbocycles. The molecule has 0 N–H and O–H groups in total. The van der Waals surface area contributed by atoms with Gasteiger partial charge >= 0.3 is 6.55 Å². The van der Waals surface area contributed by atoms with E-state index < -0.39 is 6.55 Å². The van der Waals surface area contributed by atoms with Crippen molar-refractivity contribution in [2.45, 2.75) is 38.8 Å². The van der Waals surface area contributed by atoms with Crippen molar-refractivity contribution in [2.24, 2.45) is 0 Å². The molecule has 1 aliphatic rings. The molecule has 36 heavy (non-hydrogen) atoms. The minimum Gasteiger partial charge on any atom is -0.299 e. The van der Waals surface area contributed by atoms with Crippen LogP contribution in [0.5, 0.6) is 0 Å². The van der Waals surface area contributed by atoms with Gasteiger partial charge in [-0.2, -0.15) is 13.9 Å². The van der Waals surface area contributed by atoms with Gasteiger partial charge in [0.25, 0.3) is 0 Å². The van der Waals surface area contributed by atoms with Crippen molar-refractivity contribution in [3.8, 4) is 5.69 Å². The standard InChI is InChI=1S/C28H26F3N5/c1-18-23-15-19(9-10-25(23)36(33-18)22-6-4-5-21(29)16-22)17-34-13-11-20(12-14-34)27-32-24-7-2-3-8-26(24)35(27)28(30)31/h2-10,15-16,20,28H,11-14,17H2,1H3. The van der Waals surface area contributed by atoms with Crippen LogP contribution in [-0.2, 0) is 6.54 Å². The maximum absolute atomic E-state index is 13.9. The predicted molar refractivity (Wildman–Crippen MR) is 134 cm³/mol. The van der Waals surface area contributed by atoms with E-state index in [1.807, 2.05) is 25.1 Å². The molecule has 1 aliphatic heterocycles. The number of likely N-dealkylation sites (tertiary alicyclic amines) is 1. The monoisotopic (exact) mass is 489 g/mol. The first kappa shape index (κ1) is 22.8. The second-order valence-corrected chi connectivity index (χ2v) is 9.49. The van der Waals surface area contributed by atoms with E-state index in [1.165, 1.54) is 17.7 Å². The van der Waals surface area contributed by atoms with Crippen molar-refractivity contribution in [3.05, 3.63) is 89.6 Å². The first-order chi connectivity index (χ1) is 17.5. The lowest BCUT2D eigenvalue weighted by atomic mass is 9.95. The fourth-order valence-corrected chi connectivity index (χ4v) is 5.38. The van der Waals surface area contributed by atoms with Gasteiger partial charge in [0, 0.05) is 17.8 Å². The molecule has 0 atom stereocenters. The molecule has 3 heterocycles. The molecular weight excluding hydrogens is 463 g/mol. The molecular formula is C28H26F3N5. The van der Waals surface area contributed by atoms with E-state index in [-0.39, 0.29) is 11.7 Å². The van der Waals surface area contributed by atoms with E-state index in [0.29, 0.717) is 22.5 Å². The van der Waals surface area contributed by atoms with Gasteiger partial charge in [0.1, 0.15) is 11.6 Å². The Morgan fingerprint density at radius 2 is 1.75 bits per heavy atom. The highest BCUT2D eigenvalue weighted by molar-refractivity contribution is 5.84. The SMILES string of the molecule is Cc1nn(-c2cccc(F)c2)c2ccc(CN3CCC(c4nc5ccccc5n4C(F)F)CC3)cc12. The van der Waals surface area contributed by atoms with Gasteiger partial charge in [-0.05, 0) is 80.9 Å². The van der Waals surface area contributed by atoms with Crippen LogP contribution in [0.2, 0.25) is 0 Å². The minimum absolute atomic E-state index is 0.0110. The zero-order valence-corrected chi connectivity index (χ0v) is 19.9. The summed E-state index contributed by atoms with van der Waals surface area (Å²) in [6.07, 6.45) is 1.57. The molecule has 0 saturated carbocycles. The summed E-state index contributed by atoms with van der Waals surface area (Å²) in [5.74, 6) is 0.211. The smallest absolute Gasteiger partial charge is 0.299 e. The summed E-state index contributed by atoms with van der Waals surface area (Å²) in [5.41, 5.74) is 4.80. The molecule has 5 nitrogen and oxygen atoms in total. The predicted octanol–water partition coefficient (Wildman–Crippen LogP) is 6.60. The average Bonchev–Trinajstić information content (AvgIpc) is 3.43. The number of aromatic nitrogens is 4. The van der Waals surface area contributed by atoms with Gasteiger partial charge in [0.05, 0.1) is 27.9 Å². The highest BCUT2D eigenvalue weighted by Crippen LogP contribution is 2.34. The Bertz CT molecular complexity index is 1550. The maximum Gasteiger partial charge on any atom is 0.320 e. The van der Waals surface area contributed by atoms with Crippen molar-refractivity contribution in [2.75, 3.05) is 13.1 Å². The molecule has 2 aromatic heterocycles. The van der Waals surface area contributed by atoms with Gasteiger partial charge in [-0.3, -0.25) is 9.47 Å². The molecule has 0 spiro atoms. The zero-order chi connectivity index (χ0) is 24.8. The third-order valence-electron chi connectivity index (χ3n) is 7.16. The molecule has 184 valence electrons. The Labute approximate surface area is 206 Å². The average molecular weight is 490 g/mol. The summed E-state index contributed by atoms with van der Waals surface area (Å²) in [5, 5.41) is 5.68. The topological polar surface area (TPSA) is 38.9 Å². The number of hydrogen-bond acceptors (Lipinski definition) is 3. The zero-order valence-electron chi connectivity index (χ0n) is 19.9. The summed E-state index contributed by atoms with van der Waals surface area (Å²) in [6, 6.07) is 19.8. The quantitative estimate of drug-likeness (QED) is 0.279. The highest BCUT2D eigenvalue weighted by Gasteiger charge is 2.28. The number of para-hydroxylation sites is 2. The van der Waals surface area contributed by atoms with Crippen LogP contribution in [0.15, 0.2) is 66.7 Å². The first-order valence-electron chi connectivity index (χ1n) is 12.2. The Morgan fingerprint density at radius 1 is 0.944 bits per heavy atom. The van der Waals surface area contributed by atoms with Crippen molar-refractivity contribution < 1.29 is 13.2 Å². The third kappa shape index (κ3) is 4.05. The Morgan fingerprint density at radius 3 is 2.53 bits per heavy atom. The molecule has 1 fully saturated rings. The van der Waals surface area contributed by atoms with Gasteiger partial charge in [0.15, 0.2) is 0 Å². The number of aryl methyl sites for hydroxylation is 1. The minimum atomic E-state index is -2.60. The molecule has 0 aliphatic carbocycles. The Balaban J connectivity index is 1.19. The van der Waals surface area contributed by atoms with Crippen LogP contribution in [0.4, 0.5) is 13.2 Å². The van der Waals surface area contributed by atoms with E-state index >= 15 is 0 Å². The number of hydrogen-bond donors (Lipinski definition) is 0. The highest BCUT2D eigenvalue weighted by atomic mass is 19.3. The number of benzene rings is 3. The molecule has 0 amide bonds. The van der Waals surface area contributed by atoms with Crippen molar-refractivity contribution in [1.29, 1.82) is 0 Å². The molecule has 0 radical (unpaired) electrons. The van der Waals surface area contributed by atoms with E-state index in [4.69, 9.17) is 0 Å². The maximum atomic E-state index is 13.9. The lowest BCUT2D eigenvalue weighted by Gasteiger charge is -2.32. The van der Waals surface area contributed by atoms with Crippen LogP contribution in [0, 0.1) is 12.7 Å².